The average molecular weight is 424 g/mol. The summed E-state index contributed by atoms with van der Waals surface area (Å²) in [5.74, 6) is -1.18. The molecule has 0 bridgehead atoms. The average Bonchev–Trinajstić information content (AvgIpc) is 3.07. The number of anilines is 1. The first-order valence-electron chi connectivity index (χ1n) is 10.1. The number of rotatable bonds is 3. The number of carbonyl (C=O) groups excluding carboxylic acids is 1. The van der Waals surface area contributed by atoms with Crippen molar-refractivity contribution >= 4 is 39.5 Å². The monoisotopic (exact) mass is 424 g/mol. The Morgan fingerprint density at radius 2 is 1.94 bits per heavy atom. The van der Waals surface area contributed by atoms with E-state index in [2.05, 4.69) is 4.98 Å². The van der Waals surface area contributed by atoms with E-state index in [4.69, 9.17) is 9.47 Å². The second-order valence-corrected chi connectivity index (χ2v) is 7.40. The topological polar surface area (TPSA) is 78.1 Å². The maximum atomic E-state index is 15.1. The Bertz CT molecular complexity index is 1400. The van der Waals surface area contributed by atoms with E-state index in [1.54, 1.807) is 27.8 Å². The van der Waals surface area contributed by atoms with Crippen molar-refractivity contribution in [2.45, 2.75) is 6.92 Å². The minimum absolute atomic E-state index is 0.0337. The zero-order valence-corrected chi connectivity index (χ0v) is 17.2. The quantitative estimate of drug-likeness (QED) is 0.471. The summed E-state index contributed by atoms with van der Waals surface area (Å²) in [6, 6.07) is 8.67. The largest absolute Gasteiger partial charge is 0.462 e. The normalized spacial score (nSPS) is 14.6. The van der Waals surface area contributed by atoms with Crippen LogP contribution in [0.3, 0.4) is 0 Å². The van der Waals surface area contributed by atoms with Crippen molar-refractivity contribution in [2.75, 3.05) is 37.8 Å². The molecule has 0 amide bonds. The molecule has 160 valence electrons. The first kappa shape index (κ1) is 19.5. The summed E-state index contributed by atoms with van der Waals surface area (Å²) in [4.78, 5) is 32.5. The fourth-order valence-electron chi connectivity index (χ4n) is 4.24. The molecule has 1 aliphatic rings. The minimum Gasteiger partial charge on any atom is -0.462 e. The number of nitrogens with zero attached hydrogens (tertiary/aromatic N) is 4. The molecular formula is C22H21FN4O4. The number of imidazole rings is 1. The Hall–Kier alpha value is -3.46. The molecule has 0 atom stereocenters. The SMILES string of the molecule is CCOC(=O)c1c(=O)c2cc(F)c(N3CCOCC3)nc2n2c3ccccc3n(C)c12. The molecule has 31 heavy (non-hydrogen) atoms. The van der Waals surface area contributed by atoms with E-state index in [9.17, 15) is 9.59 Å². The molecule has 0 radical (unpaired) electrons. The number of benzene rings is 1. The van der Waals surface area contributed by atoms with Crippen molar-refractivity contribution < 1.29 is 18.7 Å². The summed E-state index contributed by atoms with van der Waals surface area (Å²) >= 11 is 0. The molecule has 3 aromatic heterocycles. The van der Waals surface area contributed by atoms with Crippen LogP contribution in [0.4, 0.5) is 10.2 Å². The van der Waals surface area contributed by atoms with Gasteiger partial charge in [-0.2, -0.15) is 0 Å². The molecule has 0 aliphatic carbocycles. The van der Waals surface area contributed by atoms with Crippen LogP contribution >= 0.6 is 0 Å². The van der Waals surface area contributed by atoms with Gasteiger partial charge in [0.25, 0.3) is 0 Å². The molecule has 0 saturated carbocycles. The highest BCUT2D eigenvalue weighted by molar-refractivity contribution is 6.03. The van der Waals surface area contributed by atoms with Crippen LogP contribution in [0.15, 0.2) is 35.1 Å². The third-order valence-electron chi connectivity index (χ3n) is 5.65. The molecule has 1 saturated heterocycles. The first-order chi connectivity index (χ1) is 15.0. The molecule has 0 unspecified atom stereocenters. The van der Waals surface area contributed by atoms with Crippen LogP contribution in [0.1, 0.15) is 17.3 Å². The molecule has 0 N–H and O–H groups in total. The van der Waals surface area contributed by atoms with Gasteiger partial charge in [-0.05, 0) is 25.1 Å². The van der Waals surface area contributed by atoms with Gasteiger partial charge in [0.2, 0.25) is 5.43 Å². The molecule has 8 nitrogen and oxygen atoms in total. The molecule has 1 aliphatic heterocycles. The van der Waals surface area contributed by atoms with Crippen molar-refractivity contribution in [3.05, 3.63) is 51.9 Å². The number of aryl methyl sites for hydroxylation is 1. The van der Waals surface area contributed by atoms with E-state index in [1.807, 2.05) is 24.3 Å². The number of carbonyl (C=O) groups is 1. The standard InChI is InChI=1S/C22H21FN4O4/c1-3-31-22(29)17-18(28)13-12-14(23)20(26-8-10-30-11-9-26)24-19(13)27-16-7-5-4-6-15(16)25(2)21(17)27/h4-7,12H,3,8-11H2,1-2H3. The molecule has 0 spiro atoms. The fourth-order valence-corrected chi connectivity index (χ4v) is 4.24. The van der Waals surface area contributed by atoms with Gasteiger partial charge in [0.05, 0.1) is 36.2 Å². The number of ether oxygens (including phenoxy) is 2. The molecule has 4 aromatic rings. The predicted molar refractivity (Wildman–Crippen MR) is 114 cm³/mol. The Labute approximate surface area is 176 Å². The smallest absolute Gasteiger partial charge is 0.345 e. The van der Waals surface area contributed by atoms with E-state index in [0.29, 0.717) is 37.6 Å². The second-order valence-electron chi connectivity index (χ2n) is 7.40. The zero-order valence-electron chi connectivity index (χ0n) is 17.2. The predicted octanol–water partition coefficient (Wildman–Crippen LogP) is 2.49. The van der Waals surface area contributed by atoms with Crippen molar-refractivity contribution in [1.82, 2.24) is 14.0 Å². The molecular weight excluding hydrogens is 403 g/mol. The van der Waals surface area contributed by atoms with Gasteiger partial charge in [-0.15, -0.1) is 0 Å². The summed E-state index contributed by atoms with van der Waals surface area (Å²) in [5, 5.41) is 0.0337. The first-order valence-corrected chi connectivity index (χ1v) is 10.1. The van der Waals surface area contributed by atoms with E-state index < -0.39 is 17.2 Å². The van der Waals surface area contributed by atoms with Crippen LogP contribution in [0, 0.1) is 5.82 Å². The number of halogens is 1. The summed E-state index contributed by atoms with van der Waals surface area (Å²) in [7, 11) is 1.78. The van der Waals surface area contributed by atoms with Gasteiger partial charge >= 0.3 is 5.97 Å². The van der Waals surface area contributed by atoms with Gasteiger partial charge in [0.15, 0.2) is 17.3 Å². The third kappa shape index (κ3) is 2.88. The number of aromatic nitrogens is 3. The third-order valence-corrected chi connectivity index (χ3v) is 5.65. The fraction of sp³-hybridized carbons (Fsp3) is 0.318. The number of hydrogen-bond acceptors (Lipinski definition) is 6. The zero-order chi connectivity index (χ0) is 21.7. The number of pyridine rings is 2. The van der Waals surface area contributed by atoms with Crippen LogP contribution in [0.5, 0.6) is 0 Å². The Morgan fingerprint density at radius 1 is 1.23 bits per heavy atom. The summed E-state index contributed by atoms with van der Waals surface area (Å²) < 4.78 is 29.1. The Morgan fingerprint density at radius 3 is 2.65 bits per heavy atom. The number of para-hydroxylation sites is 2. The molecule has 1 aromatic carbocycles. The van der Waals surface area contributed by atoms with Gasteiger partial charge in [0.1, 0.15) is 11.2 Å². The minimum atomic E-state index is -0.740. The molecule has 9 heteroatoms. The highest BCUT2D eigenvalue weighted by atomic mass is 19.1. The highest BCUT2D eigenvalue weighted by Crippen LogP contribution is 2.28. The van der Waals surface area contributed by atoms with E-state index >= 15 is 4.39 Å². The van der Waals surface area contributed by atoms with Crippen LogP contribution in [-0.4, -0.2) is 52.8 Å². The maximum absolute atomic E-state index is 15.1. The van der Waals surface area contributed by atoms with Gasteiger partial charge in [-0.25, -0.2) is 14.2 Å². The highest BCUT2D eigenvalue weighted by Gasteiger charge is 2.27. The molecule has 4 heterocycles. The van der Waals surface area contributed by atoms with Crippen LogP contribution < -0.4 is 10.3 Å². The van der Waals surface area contributed by atoms with Gasteiger partial charge < -0.3 is 18.9 Å². The second kappa shape index (κ2) is 7.35. The lowest BCUT2D eigenvalue weighted by Crippen LogP contribution is -2.37. The van der Waals surface area contributed by atoms with Crippen LogP contribution in [0.25, 0.3) is 27.7 Å². The van der Waals surface area contributed by atoms with Crippen molar-refractivity contribution in [1.29, 1.82) is 0 Å². The van der Waals surface area contributed by atoms with Crippen molar-refractivity contribution in [3.63, 3.8) is 0 Å². The number of morpholine rings is 1. The van der Waals surface area contributed by atoms with Crippen molar-refractivity contribution in [3.8, 4) is 0 Å². The van der Waals surface area contributed by atoms with Crippen LogP contribution in [0.2, 0.25) is 0 Å². The Balaban J connectivity index is 1.95. The van der Waals surface area contributed by atoms with E-state index in [0.717, 1.165) is 11.0 Å². The van der Waals surface area contributed by atoms with Crippen LogP contribution in [-0.2, 0) is 16.5 Å². The number of fused-ring (bicyclic) bond motifs is 5. The Kier molecular flexibility index (Phi) is 4.62. The maximum Gasteiger partial charge on any atom is 0.345 e. The number of hydrogen-bond donors (Lipinski definition) is 0. The summed E-state index contributed by atoms with van der Waals surface area (Å²) in [6.45, 7) is 3.75. The van der Waals surface area contributed by atoms with Gasteiger partial charge in [-0.3, -0.25) is 9.20 Å². The van der Waals surface area contributed by atoms with E-state index in [-0.39, 0.29) is 23.4 Å². The lowest BCUT2D eigenvalue weighted by molar-refractivity contribution is 0.0526. The van der Waals surface area contributed by atoms with Gasteiger partial charge in [-0.1, -0.05) is 12.1 Å². The molecule has 1 fully saturated rings. The lowest BCUT2D eigenvalue weighted by Gasteiger charge is -2.28. The number of esters is 1. The van der Waals surface area contributed by atoms with Gasteiger partial charge in [0, 0.05) is 20.1 Å². The summed E-state index contributed by atoms with van der Waals surface area (Å²) in [6.07, 6.45) is 0. The van der Waals surface area contributed by atoms with Crippen molar-refractivity contribution in [2.24, 2.45) is 7.05 Å². The lowest BCUT2D eigenvalue weighted by atomic mass is 10.1. The van der Waals surface area contributed by atoms with E-state index in [1.165, 1.54) is 6.07 Å². The summed E-state index contributed by atoms with van der Waals surface area (Å²) in [5.41, 5.74) is 1.49. The molecule has 5 rings (SSSR count).